The van der Waals surface area contributed by atoms with Gasteiger partial charge in [0, 0.05) is 19.2 Å². The van der Waals surface area contributed by atoms with E-state index in [4.69, 9.17) is 0 Å². The lowest BCUT2D eigenvalue weighted by Crippen LogP contribution is -2.37. The summed E-state index contributed by atoms with van der Waals surface area (Å²) in [5.74, 6) is -0.636. The Labute approximate surface area is 127 Å². The number of aromatic nitrogens is 2. The number of rotatable bonds is 5. The fraction of sp³-hybridized carbons (Fsp3) is 0.312. The molecule has 0 saturated carbocycles. The largest absolute Gasteiger partial charge is 0.337 e. The molecule has 0 radical (unpaired) electrons. The molecule has 0 aliphatic heterocycles. The molecule has 5 nitrogen and oxygen atoms in total. The van der Waals surface area contributed by atoms with Crippen LogP contribution in [-0.4, -0.2) is 33.4 Å². The number of amides is 1. The summed E-state index contributed by atoms with van der Waals surface area (Å²) in [6, 6.07) is 3.78. The summed E-state index contributed by atoms with van der Waals surface area (Å²) < 4.78 is 14.4. The van der Waals surface area contributed by atoms with Crippen molar-refractivity contribution in [3.8, 4) is 0 Å². The van der Waals surface area contributed by atoms with Gasteiger partial charge < -0.3 is 4.90 Å². The van der Waals surface area contributed by atoms with E-state index in [1.165, 1.54) is 29.1 Å². The summed E-state index contributed by atoms with van der Waals surface area (Å²) in [5, 5.41) is 0.291. The molecule has 1 amide bonds. The zero-order chi connectivity index (χ0) is 16.3. The van der Waals surface area contributed by atoms with E-state index in [2.05, 4.69) is 11.6 Å². The molecule has 0 unspecified atom stereocenters. The Morgan fingerprint density at radius 3 is 2.82 bits per heavy atom. The molecule has 1 heterocycles. The van der Waals surface area contributed by atoms with Gasteiger partial charge in [-0.1, -0.05) is 12.2 Å². The average Bonchev–Trinajstić information content (AvgIpc) is 2.47. The van der Waals surface area contributed by atoms with Gasteiger partial charge in [-0.15, -0.1) is 0 Å². The van der Waals surface area contributed by atoms with E-state index >= 15 is 0 Å². The molecule has 0 fully saturated rings. The zero-order valence-corrected chi connectivity index (χ0v) is 12.7. The Morgan fingerprint density at radius 2 is 2.18 bits per heavy atom. The monoisotopic (exact) mass is 303 g/mol. The molecule has 0 spiro atoms. The summed E-state index contributed by atoms with van der Waals surface area (Å²) in [6.07, 6.45) is 1.27. The first kappa shape index (κ1) is 15.9. The smallest absolute Gasteiger partial charge is 0.261 e. The molecule has 0 N–H and O–H groups in total. The van der Waals surface area contributed by atoms with Crippen LogP contribution in [0.3, 0.4) is 0 Å². The second-order valence-electron chi connectivity index (χ2n) is 5.20. The zero-order valence-electron chi connectivity index (χ0n) is 12.7. The molecule has 0 bridgehead atoms. The highest BCUT2D eigenvalue weighted by Gasteiger charge is 2.14. The lowest BCUT2D eigenvalue weighted by atomic mass is 10.2. The van der Waals surface area contributed by atoms with Gasteiger partial charge in [0.25, 0.3) is 5.56 Å². The minimum absolute atomic E-state index is 0.0970. The van der Waals surface area contributed by atoms with Gasteiger partial charge in [-0.25, -0.2) is 9.37 Å². The number of hydrogen-bond acceptors (Lipinski definition) is 3. The lowest BCUT2D eigenvalue weighted by Gasteiger charge is -2.21. The van der Waals surface area contributed by atoms with Crippen molar-refractivity contribution >= 4 is 16.8 Å². The van der Waals surface area contributed by atoms with Crippen molar-refractivity contribution in [2.45, 2.75) is 20.4 Å². The quantitative estimate of drug-likeness (QED) is 0.793. The van der Waals surface area contributed by atoms with Crippen molar-refractivity contribution in [1.82, 2.24) is 14.5 Å². The average molecular weight is 303 g/mol. The third-order valence-electron chi connectivity index (χ3n) is 3.29. The molecule has 0 atom stereocenters. The first-order chi connectivity index (χ1) is 10.4. The summed E-state index contributed by atoms with van der Waals surface area (Å²) >= 11 is 0. The number of hydrogen-bond donors (Lipinski definition) is 0. The predicted molar refractivity (Wildman–Crippen MR) is 83.0 cm³/mol. The maximum absolute atomic E-state index is 13.1. The Hall–Kier alpha value is -2.50. The van der Waals surface area contributed by atoms with Gasteiger partial charge in [-0.05, 0) is 26.0 Å². The van der Waals surface area contributed by atoms with E-state index in [-0.39, 0.29) is 23.5 Å². The van der Waals surface area contributed by atoms with Gasteiger partial charge in [-0.2, -0.15) is 0 Å². The van der Waals surface area contributed by atoms with E-state index < -0.39 is 5.82 Å². The fourth-order valence-corrected chi connectivity index (χ4v) is 2.19. The molecular formula is C16H18FN3O2. The molecule has 6 heteroatoms. The Morgan fingerprint density at radius 1 is 1.45 bits per heavy atom. The van der Waals surface area contributed by atoms with Gasteiger partial charge >= 0.3 is 0 Å². The maximum atomic E-state index is 13.1. The van der Waals surface area contributed by atoms with Crippen LogP contribution in [0.4, 0.5) is 4.39 Å². The number of likely N-dealkylation sites (N-methyl/N-ethyl adjacent to an activating group) is 1. The normalized spacial score (nSPS) is 10.7. The van der Waals surface area contributed by atoms with Crippen LogP contribution in [0, 0.1) is 5.82 Å². The third kappa shape index (κ3) is 3.39. The second-order valence-corrected chi connectivity index (χ2v) is 5.20. The van der Waals surface area contributed by atoms with Crippen LogP contribution in [0.1, 0.15) is 13.8 Å². The molecule has 116 valence electrons. The fourth-order valence-electron chi connectivity index (χ4n) is 2.19. The van der Waals surface area contributed by atoms with Crippen molar-refractivity contribution < 1.29 is 9.18 Å². The molecule has 2 aromatic rings. The van der Waals surface area contributed by atoms with Crippen molar-refractivity contribution in [3.63, 3.8) is 0 Å². The number of carbonyl (C=O) groups excluding carboxylic acids is 1. The molecule has 0 aliphatic rings. The molecule has 2 rings (SSSR count). The van der Waals surface area contributed by atoms with Crippen LogP contribution in [0.25, 0.3) is 10.9 Å². The van der Waals surface area contributed by atoms with E-state index in [1.807, 2.05) is 13.8 Å². The summed E-state index contributed by atoms with van der Waals surface area (Å²) in [5.41, 5.74) is 0.794. The van der Waals surface area contributed by atoms with E-state index in [0.29, 0.717) is 18.5 Å². The molecule has 1 aromatic carbocycles. The van der Waals surface area contributed by atoms with Crippen molar-refractivity contribution in [2.24, 2.45) is 0 Å². The Kier molecular flexibility index (Phi) is 4.70. The number of benzene rings is 1. The van der Waals surface area contributed by atoms with E-state index in [9.17, 15) is 14.0 Å². The number of carbonyl (C=O) groups is 1. The Bertz CT molecular complexity index is 783. The number of nitrogens with zero attached hydrogens (tertiary/aromatic N) is 3. The highest BCUT2D eigenvalue weighted by Crippen LogP contribution is 2.08. The van der Waals surface area contributed by atoms with Gasteiger partial charge in [0.05, 0.1) is 17.2 Å². The van der Waals surface area contributed by atoms with E-state index in [1.54, 1.807) is 4.90 Å². The van der Waals surface area contributed by atoms with Crippen LogP contribution >= 0.6 is 0 Å². The van der Waals surface area contributed by atoms with Crippen LogP contribution in [0.2, 0.25) is 0 Å². The molecular weight excluding hydrogens is 285 g/mol. The maximum Gasteiger partial charge on any atom is 0.261 e. The topological polar surface area (TPSA) is 55.2 Å². The summed E-state index contributed by atoms with van der Waals surface area (Å²) in [7, 11) is 0. The molecule has 0 saturated heterocycles. The molecule has 0 aliphatic carbocycles. The van der Waals surface area contributed by atoms with Crippen LogP contribution in [-0.2, 0) is 11.3 Å². The van der Waals surface area contributed by atoms with Gasteiger partial charge in [-0.3, -0.25) is 14.2 Å². The van der Waals surface area contributed by atoms with Crippen molar-refractivity contribution in [3.05, 3.63) is 52.8 Å². The van der Waals surface area contributed by atoms with Crippen LogP contribution < -0.4 is 5.56 Å². The van der Waals surface area contributed by atoms with Crippen molar-refractivity contribution in [1.29, 1.82) is 0 Å². The minimum atomic E-state index is -0.452. The summed E-state index contributed by atoms with van der Waals surface area (Å²) in [4.78, 5) is 30.2. The van der Waals surface area contributed by atoms with Gasteiger partial charge in [0.1, 0.15) is 12.4 Å². The SMILES string of the molecule is C=C(C)CN(CC)C(=O)Cn1cnc2cc(F)ccc2c1=O. The minimum Gasteiger partial charge on any atom is -0.337 e. The second kappa shape index (κ2) is 6.51. The molecule has 22 heavy (non-hydrogen) atoms. The first-order valence-electron chi connectivity index (χ1n) is 6.99. The third-order valence-corrected chi connectivity index (χ3v) is 3.29. The van der Waals surface area contributed by atoms with E-state index in [0.717, 1.165) is 5.57 Å². The van der Waals surface area contributed by atoms with Crippen molar-refractivity contribution in [2.75, 3.05) is 13.1 Å². The van der Waals surface area contributed by atoms with Crippen LogP contribution in [0.15, 0.2) is 41.5 Å². The highest BCUT2D eigenvalue weighted by molar-refractivity contribution is 5.79. The summed E-state index contributed by atoms with van der Waals surface area (Å²) in [6.45, 7) is 8.39. The first-order valence-corrected chi connectivity index (χ1v) is 6.99. The highest BCUT2D eigenvalue weighted by atomic mass is 19.1. The Balaban J connectivity index is 2.30. The predicted octanol–water partition coefficient (Wildman–Crippen LogP) is 1.96. The molecule has 1 aromatic heterocycles. The number of halogens is 1. The van der Waals surface area contributed by atoms with Gasteiger partial charge in [0.15, 0.2) is 0 Å². The standard InChI is InChI=1S/C16H18FN3O2/c1-4-19(8-11(2)3)15(21)9-20-10-18-14-7-12(17)5-6-13(14)16(20)22/h5-7,10H,2,4,8-9H2,1,3H3. The number of fused-ring (bicyclic) bond motifs is 1. The van der Waals surface area contributed by atoms with Gasteiger partial charge in [0.2, 0.25) is 5.91 Å². The lowest BCUT2D eigenvalue weighted by molar-refractivity contribution is -0.131. The van der Waals surface area contributed by atoms with Crippen LogP contribution in [0.5, 0.6) is 0 Å².